The molecule has 6 heteroatoms. The Morgan fingerprint density at radius 2 is 1.30 bits per heavy atom. The number of aromatic nitrogens is 3. The maximum absolute atomic E-state index is 10.9. The van der Waals surface area contributed by atoms with E-state index in [0.717, 1.165) is 22.4 Å². The summed E-state index contributed by atoms with van der Waals surface area (Å²) in [4.78, 5) is 24.0. The van der Waals surface area contributed by atoms with Gasteiger partial charge in [0.2, 0.25) is 0 Å². The summed E-state index contributed by atoms with van der Waals surface area (Å²) in [6, 6.07) is 19.7. The van der Waals surface area contributed by atoms with E-state index in [2.05, 4.69) is 15.0 Å². The number of pyridine rings is 3. The van der Waals surface area contributed by atoms with E-state index in [4.69, 9.17) is 0 Å². The number of hydrogen-bond acceptors (Lipinski definition) is 5. The van der Waals surface area contributed by atoms with Gasteiger partial charge in [0.05, 0.1) is 22.0 Å². The minimum absolute atomic E-state index is 0.0520. The monoisotopic (exact) mass is 354 g/mol. The van der Waals surface area contributed by atoms with Crippen LogP contribution in [0, 0.1) is 10.1 Å². The molecule has 0 atom stereocenters. The molecule has 0 saturated heterocycles. The summed E-state index contributed by atoms with van der Waals surface area (Å²) >= 11 is 0. The van der Waals surface area contributed by atoms with Crippen molar-refractivity contribution in [3.05, 3.63) is 95.4 Å². The number of hydrogen-bond donors (Lipinski definition) is 0. The lowest BCUT2D eigenvalue weighted by molar-refractivity contribution is -0.384. The fraction of sp³-hybridized carbons (Fsp3) is 0. The van der Waals surface area contributed by atoms with Crippen LogP contribution < -0.4 is 0 Å². The Morgan fingerprint density at radius 1 is 0.667 bits per heavy atom. The largest absolute Gasteiger partial charge is 0.269 e. The van der Waals surface area contributed by atoms with Gasteiger partial charge in [-0.05, 0) is 48.0 Å². The summed E-state index contributed by atoms with van der Waals surface area (Å²) < 4.78 is 0. The van der Waals surface area contributed by atoms with Gasteiger partial charge in [0.15, 0.2) is 0 Å². The molecule has 3 heterocycles. The predicted octanol–water partition coefficient (Wildman–Crippen LogP) is 4.78. The van der Waals surface area contributed by atoms with E-state index in [-0.39, 0.29) is 5.69 Å². The number of non-ortho nitro benzene ring substituents is 1. The molecule has 0 saturated carbocycles. The zero-order valence-corrected chi connectivity index (χ0v) is 14.2. The third-order valence-electron chi connectivity index (χ3n) is 4.17. The maximum atomic E-state index is 10.9. The van der Waals surface area contributed by atoms with Crippen molar-refractivity contribution in [1.29, 1.82) is 0 Å². The SMILES string of the molecule is O=[N+]([O-])c1ccc(-c2cccnc2-c2ncccc2-c2ccccn2)cc1. The standard InChI is InChI=1S/C21H14N4O2/c26-25(27)16-10-8-15(9-11-16)17-5-3-13-23-20(17)21-18(6-4-14-24-21)19-7-1-2-12-22-19/h1-14H. The van der Waals surface area contributed by atoms with E-state index in [1.54, 1.807) is 30.7 Å². The Bertz CT molecular complexity index is 1100. The zero-order chi connectivity index (χ0) is 18.6. The Balaban J connectivity index is 1.87. The molecule has 4 rings (SSSR count). The highest BCUT2D eigenvalue weighted by Crippen LogP contribution is 2.34. The van der Waals surface area contributed by atoms with Crippen molar-refractivity contribution in [2.24, 2.45) is 0 Å². The van der Waals surface area contributed by atoms with Crippen LogP contribution in [0.1, 0.15) is 0 Å². The first kappa shape index (κ1) is 16.5. The maximum Gasteiger partial charge on any atom is 0.269 e. The highest BCUT2D eigenvalue weighted by molar-refractivity contribution is 5.86. The summed E-state index contributed by atoms with van der Waals surface area (Å²) in [5, 5.41) is 10.9. The zero-order valence-electron chi connectivity index (χ0n) is 14.2. The average Bonchev–Trinajstić information content (AvgIpc) is 2.74. The highest BCUT2D eigenvalue weighted by atomic mass is 16.6. The molecule has 0 radical (unpaired) electrons. The molecule has 4 aromatic rings. The van der Waals surface area contributed by atoms with E-state index in [1.165, 1.54) is 12.1 Å². The van der Waals surface area contributed by atoms with Crippen LogP contribution in [0.15, 0.2) is 85.3 Å². The lowest BCUT2D eigenvalue weighted by atomic mass is 9.98. The van der Waals surface area contributed by atoms with Crippen molar-refractivity contribution in [3.8, 4) is 33.8 Å². The number of nitro groups is 1. The molecule has 0 aliphatic carbocycles. The molecule has 27 heavy (non-hydrogen) atoms. The minimum atomic E-state index is -0.411. The fourth-order valence-corrected chi connectivity index (χ4v) is 2.91. The molecule has 0 aliphatic rings. The smallest absolute Gasteiger partial charge is 0.258 e. The van der Waals surface area contributed by atoms with Crippen molar-refractivity contribution in [1.82, 2.24) is 15.0 Å². The highest BCUT2D eigenvalue weighted by Gasteiger charge is 2.16. The van der Waals surface area contributed by atoms with Crippen LogP contribution in [0.4, 0.5) is 5.69 Å². The van der Waals surface area contributed by atoms with Gasteiger partial charge in [-0.3, -0.25) is 25.1 Å². The van der Waals surface area contributed by atoms with Gasteiger partial charge in [-0.25, -0.2) is 0 Å². The van der Waals surface area contributed by atoms with Crippen molar-refractivity contribution in [2.45, 2.75) is 0 Å². The molecule has 3 aromatic heterocycles. The molecule has 0 aliphatic heterocycles. The second-order valence-corrected chi connectivity index (χ2v) is 5.82. The summed E-state index contributed by atoms with van der Waals surface area (Å²) in [6.07, 6.45) is 5.17. The van der Waals surface area contributed by atoms with E-state index >= 15 is 0 Å². The van der Waals surface area contributed by atoms with E-state index in [9.17, 15) is 10.1 Å². The molecular formula is C21H14N4O2. The van der Waals surface area contributed by atoms with Gasteiger partial charge in [0, 0.05) is 41.9 Å². The Labute approximate surface area is 155 Å². The van der Waals surface area contributed by atoms with E-state index < -0.39 is 4.92 Å². The molecular weight excluding hydrogens is 340 g/mol. The Kier molecular flexibility index (Phi) is 4.37. The molecule has 0 fully saturated rings. The average molecular weight is 354 g/mol. The lowest BCUT2D eigenvalue weighted by Crippen LogP contribution is -1.95. The number of rotatable bonds is 4. The Hall–Kier alpha value is -3.93. The molecule has 0 bridgehead atoms. The van der Waals surface area contributed by atoms with Crippen molar-refractivity contribution >= 4 is 5.69 Å². The fourth-order valence-electron chi connectivity index (χ4n) is 2.91. The minimum Gasteiger partial charge on any atom is -0.258 e. The van der Waals surface area contributed by atoms with Crippen molar-refractivity contribution < 1.29 is 4.92 Å². The molecule has 0 amide bonds. The Morgan fingerprint density at radius 3 is 1.93 bits per heavy atom. The van der Waals surface area contributed by atoms with Crippen LogP contribution in [0.2, 0.25) is 0 Å². The van der Waals surface area contributed by atoms with E-state index in [1.807, 2.05) is 42.5 Å². The first-order valence-electron chi connectivity index (χ1n) is 8.30. The molecule has 0 spiro atoms. The van der Waals surface area contributed by atoms with Gasteiger partial charge in [-0.15, -0.1) is 0 Å². The van der Waals surface area contributed by atoms with Gasteiger partial charge in [0.1, 0.15) is 0 Å². The first-order chi connectivity index (χ1) is 13.2. The van der Waals surface area contributed by atoms with Gasteiger partial charge >= 0.3 is 0 Å². The van der Waals surface area contributed by atoms with Crippen LogP contribution in [0.5, 0.6) is 0 Å². The predicted molar refractivity (Wildman–Crippen MR) is 103 cm³/mol. The summed E-state index contributed by atoms with van der Waals surface area (Å²) in [5.41, 5.74) is 4.83. The van der Waals surface area contributed by atoms with Gasteiger partial charge in [0.25, 0.3) is 5.69 Å². The number of nitrogens with zero attached hydrogens (tertiary/aromatic N) is 4. The van der Waals surface area contributed by atoms with Crippen LogP contribution in [0.3, 0.4) is 0 Å². The third-order valence-corrected chi connectivity index (χ3v) is 4.17. The third kappa shape index (κ3) is 3.28. The topological polar surface area (TPSA) is 81.8 Å². The second-order valence-electron chi connectivity index (χ2n) is 5.82. The van der Waals surface area contributed by atoms with Gasteiger partial charge < -0.3 is 0 Å². The normalized spacial score (nSPS) is 10.5. The lowest BCUT2D eigenvalue weighted by Gasteiger charge is -2.12. The van der Waals surface area contributed by atoms with Crippen LogP contribution >= 0.6 is 0 Å². The molecule has 6 nitrogen and oxygen atoms in total. The van der Waals surface area contributed by atoms with Crippen LogP contribution in [0.25, 0.3) is 33.8 Å². The van der Waals surface area contributed by atoms with Crippen molar-refractivity contribution in [3.63, 3.8) is 0 Å². The molecule has 1 aromatic carbocycles. The number of benzene rings is 1. The molecule has 0 unspecified atom stereocenters. The van der Waals surface area contributed by atoms with E-state index in [0.29, 0.717) is 11.4 Å². The number of nitro benzene ring substituents is 1. The van der Waals surface area contributed by atoms with Crippen LogP contribution in [-0.4, -0.2) is 19.9 Å². The molecule has 0 N–H and O–H groups in total. The summed E-state index contributed by atoms with van der Waals surface area (Å²) in [7, 11) is 0. The van der Waals surface area contributed by atoms with Crippen molar-refractivity contribution in [2.75, 3.05) is 0 Å². The van der Waals surface area contributed by atoms with Crippen LogP contribution in [-0.2, 0) is 0 Å². The second kappa shape index (κ2) is 7.13. The summed E-state index contributed by atoms with van der Waals surface area (Å²) in [6.45, 7) is 0. The molecule has 130 valence electrons. The summed E-state index contributed by atoms with van der Waals surface area (Å²) in [5.74, 6) is 0. The first-order valence-corrected chi connectivity index (χ1v) is 8.30. The quantitative estimate of drug-likeness (QED) is 0.389. The van der Waals surface area contributed by atoms with Gasteiger partial charge in [-0.2, -0.15) is 0 Å². The van der Waals surface area contributed by atoms with Gasteiger partial charge in [-0.1, -0.05) is 12.1 Å².